The Morgan fingerprint density at radius 2 is 1.81 bits per heavy atom. The van der Waals surface area contributed by atoms with E-state index in [2.05, 4.69) is 27.7 Å². The van der Waals surface area contributed by atoms with Crippen molar-refractivity contribution in [3.05, 3.63) is 17.2 Å². The highest BCUT2D eigenvalue weighted by Gasteiger charge is 2.26. The zero-order chi connectivity index (χ0) is 11.9. The molecular weight excluding hydrogens is 204 g/mol. The molecule has 1 aromatic carbocycles. The maximum atomic E-state index is 10.2. The predicted molar refractivity (Wildman–Crippen MR) is 62.4 cm³/mol. The van der Waals surface area contributed by atoms with Crippen molar-refractivity contribution < 1.29 is 14.6 Å². The average molecular weight is 222 g/mol. The fraction of sp³-hybridized carbons (Fsp3) is 0.538. The number of aromatic hydroxyl groups is 1. The molecule has 16 heavy (non-hydrogen) atoms. The molecule has 3 nitrogen and oxygen atoms in total. The van der Waals surface area contributed by atoms with Crippen LogP contribution >= 0.6 is 0 Å². The first-order valence-corrected chi connectivity index (χ1v) is 5.67. The van der Waals surface area contributed by atoms with Gasteiger partial charge in [-0.25, -0.2) is 0 Å². The van der Waals surface area contributed by atoms with E-state index in [0.717, 1.165) is 11.1 Å². The number of phenols is 1. The molecule has 1 N–H and O–H groups in total. The maximum absolute atomic E-state index is 10.2. The van der Waals surface area contributed by atoms with Crippen LogP contribution in [0.1, 0.15) is 50.7 Å². The lowest BCUT2D eigenvalue weighted by Crippen LogP contribution is -1.99. The summed E-state index contributed by atoms with van der Waals surface area (Å²) < 4.78 is 10.6. The monoisotopic (exact) mass is 222 g/mol. The lowest BCUT2D eigenvalue weighted by Gasteiger charge is -2.18. The van der Waals surface area contributed by atoms with Crippen molar-refractivity contribution in [1.29, 1.82) is 0 Å². The van der Waals surface area contributed by atoms with Gasteiger partial charge < -0.3 is 14.6 Å². The summed E-state index contributed by atoms with van der Waals surface area (Å²) in [5.74, 6) is 2.03. The highest BCUT2D eigenvalue weighted by atomic mass is 16.7. The first-order chi connectivity index (χ1) is 7.52. The van der Waals surface area contributed by atoms with E-state index in [-0.39, 0.29) is 18.5 Å². The van der Waals surface area contributed by atoms with Crippen LogP contribution in [0.5, 0.6) is 17.2 Å². The van der Waals surface area contributed by atoms with Gasteiger partial charge >= 0.3 is 0 Å². The van der Waals surface area contributed by atoms with Crippen LogP contribution in [-0.2, 0) is 0 Å². The number of benzene rings is 1. The smallest absolute Gasteiger partial charge is 0.231 e. The third-order valence-electron chi connectivity index (χ3n) is 2.91. The van der Waals surface area contributed by atoms with E-state index in [1.54, 1.807) is 0 Å². The Morgan fingerprint density at radius 3 is 2.38 bits per heavy atom. The van der Waals surface area contributed by atoms with Gasteiger partial charge in [-0.1, -0.05) is 27.7 Å². The topological polar surface area (TPSA) is 38.7 Å². The number of fused-ring (bicyclic) bond motifs is 1. The SMILES string of the molecule is CC(C)c1cc2c(c(O)c1C(C)C)OCO2. The Bertz CT molecular complexity index is 408. The fourth-order valence-electron chi connectivity index (χ4n) is 2.14. The second-order valence-corrected chi connectivity index (χ2v) is 4.77. The molecule has 0 unspecified atom stereocenters. The van der Waals surface area contributed by atoms with E-state index < -0.39 is 0 Å². The zero-order valence-electron chi connectivity index (χ0n) is 10.2. The fourth-order valence-corrected chi connectivity index (χ4v) is 2.14. The van der Waals surface area contributed by atoms with E-state index in [1.807, 2.05) is 6.07 Å². The summed E-state index contributed by atoms with van der Waals surface area (Å²) in [6, 6.07) is 1.99. The Morgan fingerprint density at radius 1 is 1.12 bits per heavy atom. The van der Waals surface area contributed by atoms with Gasteiger partial charge in [0, 0.05) is 5.56 Å². The summed E-state index contributed by atoms with van der Waals surface area (Å²) in [4.78, 5) is 0. The van der Waals surface area contributed by atoms with E-state index in [1.165, 1.54) is 0 Å². The van der Waals surface area contributed by atoms with Gasteiger partial charge in [-0.15, -0.1) is 0 Å². The molecule has 0 saturated carbocycles. The van der Waals surface area contributed by atoms with E-state index in [0.29, 0.717) is 17.4 Å². The lowest BCUT2D eigenvalue weighted by molar-refractivity contribution is 0.171. The van der Waals surface area contributed by atoms with Crippen LogP contribution < -0.4 is 9.47 Å². The van der Waals surface area contributed by atoms with Crippen molar-refractivity contribution in [2.24, 2.45) is 0 Å². The average Bonchev–Trinajstić information content (AvgIpc) is 2.64. The molecule has 0 bridgehead atoms. The maximum Gasteiger partial charge on any atom is 0.231 e. The number of rotatable bonds is 2. The quantitative estimate of drug-likeness (QED) is 0.833. The number of hydrogen-bond acceptors (Lipinski definition) is 3. The minimum Gasteiger partial charge on any atom is -0.504 e. The van der Waals surface area contributed by atoms with Crippen LogP contribution in [0, 0.1) is 0 Å². The van der Waals surface area contributed by atoms with Crippen molar-refractivity contribution in [2.45, 2.75) is 39.5 Å². The first-order valence-electron chi connectivity index (χ1n) is 5.67. The molecule has 0 fully saturated rings. The lowest BCUT2D eigenvalue weighted by atomic mass is 9.89. The Labute approximate surface area is 96.0 Å². The third-order valence-corrected chi connectivity index (χ3v) is 2.91. The molecule has 1 heterocycles. The standard InChI is InChI=1S/C13H18O3/c1-7(2)9-5-10-13(16-6-15-10)12(14)11(9)8(3)4/h5,7-8,14H,6H2,1-4H3. The molecule has 0 aromatic heterocycles. The van der Waals surface area contributed by atoms with Gasteiger partial charge in [-0.3, -0.25) is 0 Å². The largest absolute Gasteiger partial charge is 0.504 e. The molecule has 1 aromatic rings. The van der Waals surface area contributed by atoms with Crippen molar-refractivity contribution in [3.63, 3.8) is 0 Å². The molecule has 3 heteroatoms. The summed E-state index contributed by atoms with van der Waals surface area (Å²) in [6.45, 7) is 8.57. The van der Waals surface area contributed by atoms with Crippen molar-refractivity contribution in [2.75, 3.05) is 6.79 Å². The number of phenolic OH excluding ortho intramolecular Hbond substituents is 1. The van der Waals surface area contributed by atoms with E-state index >= 15 is 0 Å². The van der Waals surface area contributed by atoms with Gasteiger partial charge in [0.2, 0.25) is 12.5 Å². The Hall–Kier alpha value is -1.38. The molecule has 1 aliphatic rings. The molecule has 1 aliphatic heterocycles. The second kappa shape index (κ2) is 3.89. The first kappa shape index (κ1) is 11.1. The second-order valence-electron chi connectivity index (χ2n) is 4.77. The molecule has 0 saturated heterocycles. The molecule has 0 atom stereocenters. The van der Waals surface area contributed by atoms with Crippen LogP contribution in [0.15, 0.2) is 6.07 Å². The van der Waals surface area contributed by atoms with Crippen LogP contribution in [-0.4, -0.2) is 11.9 Å². The minimum atomic E-state index is 0.196. The summed E-state index contributed by atoms with van der Waals surface area (Å²) in [5.41, 5.74) is 2.11. The van der Waals surface area contributed by atoms with Crippen molar-refractivity contribution in [3.8, 4) is 17.2 Å². The normalized spacial score (nSPS) is 13.9. The number of ether oxygens (including phenoxy) is 2. The van der Waals surface area contributed by atoms with E-state index in [4.69, 9.17) is 9.47 Å². The van der Waals surface area contributed by atoms with E-state index in [9.17, 15) is 5.11 Å². The van der Waals surface area contributed by atoms with Crippen LogP contribution in [0.25, 0.3) is 0 Å². The van der Waals surface area contributed by atoms with Gasteiger partial charge in [0.15, 0.2) is 11.5 Å². The third kappa shape index (κ3) is 1.60. The molecule has 0 aliphatic carbocycles. The van der Waals surface area contributed by atoms with Crippen LogP contribution in [0.3, 0.4) is 0 Å². The van der Waals surface area contributed by atoms with Gasteiger partial charge in [0.05, 0.1) is 0 Å². The summed E-state index contributed by atoms with van der Waals surface area (Å²) in [6.07, 6.45) is 0. The molecule has 2 rings (SSSR count). The molecule has 0 radical (unpaired) electrons. The zero-order valence-corrected chi connectivity index (χ0v) is 10.2. The summed E-state index contributed by atoms with van der Waals surface area (Å²) in [7, 11) is 0. The Kier molecular flexibility index (Phi) is 2.70. The molecule has 0 amide bonds. The highest BCUT2D eigenvalue weighted by molar-refractivity contribution is 5.60. The van der Waals surface area contributed by atoms with Gasteiger partial charge in [0.25, 0.3) is 0 Å². The highest BCUT2D eigenvalue weighted by Crippen LogP contribution is 2.48. The predicted octanol–water partition coefficient (Wildman–Crippen LogP) is 3.37. The van der Waals surface area contributed by atoms with Crippen molar-refractivity contribution >= 4 is 0 Å². The molecule has 0 spiro atoms. The van der Waals surface area contributed by atoms with Gasteiger partial charge in [-0.2, -0.15) is 0 Å². The van der Waals surface area contributed by atoms with Crippen molar-refractivity contribution in [1.82, 2.24) is 0 Å². The summed E-state index contributed by atoms with van der Waals surface area (Å²) >= 11 is 0. The van der Waals surface area contributed by atoms with Gasteiger partial charge in [-0.05, 0) is 23.5 Å². The summed E-state index contributed by atoms with van der Waals surface area (Å²) in [5, 5.41) is 10.2. The number of hydrogen-bond donors (Lipinski definition) is 1. The molecule has 88 valence electrons. The Balaban J connectivity index is 2.65. The van der Waals surface area contributed by atoms with Crippen LogP contribution in [0.2, 0.25) is 0 Å². The minimum absolute atomic E-state index is 0.196. The van der Waals surface area contributed by atoms with Crippen LogP contribution in [0.4, 0.5) is 0 Å². The van der Waals surface area contributed by atoms with Gasteiger partial charge in [0.1, 0.15) is 0 Å². The molecular formula is C13H18O3.